The topological polar surface area (TPSA) is 55.4 Å². The van der Waals surface area contributed by atoms with Crippen LogP contribution in [-0.2, 0) is 14.3 Å². The Balaban J connectivity index is 2.25. The summed E-state index contributed by atoms with van der Waals surface area (Å²) in [7, 11) is 1.73. The van der Waals surface area contributed by atoms with E-state index in [-0.39, 0.29) is 29.3 Å². The van der Waals surface area contributed by atoms with Crippen molar-refractivity contribution in [3.05, 3.63) is 0 Å². The fourth-order valence-electron chi connectivity index (χ4n) is 3.84. The summed E-state index contributed by atoms with van der Waals surface area (Å²) in [5, 5.41) is 2.52. The summed E-state index contributed by atoms with van der Waals surface area (Å²) >= 11 is 0. The van der Waals surface area contributed by atoms with Crippen LogP contribution in [0.15, 0.2) is 0 Å². The van der Waals surface area contributed by atoms with E-state index in [0.717, 1.165) is 32.1 Å². The van der Waals surface area contributed by atoms with Crippen molar-refractivity contribution < 1.29 is 14.3 Å². The SMILES string of the molecule is COC1CCCC2(CC(=O)NC(=O)C2CC(C)C)C1. The monoisotopic (exact) mass is 267 g/mol. The molecule has 3 unspecified atom stereocenters. The second-order valence-corrected chi connectivity index (χ2v) is 6.59. The molecule has 2 amide bonds. The number of carbonyl (C=O) groups is 2. The zero-order valence-electron chi connectivity index (χ0n) is 12.2. The van der Waals surface area contributed by atoms with Gasteiger partial charge in [-0.2, -0.15) is 0 Å². The molecule has 0 aromatic heterocycles. The molecule has 1 saturated heterocycles. The van der Waals surface area contributed by atoms with Crippen LogP contribution in [0.5, 0.6) is 0 Å². The van der Waals surface area contributed by atoms with E-state index in [9.17, 15) is 9.59 Å². The van der Waals surface area contributed by atoms with Crippen molar-refractivity contribution >= 4 is 11.8 Å². The van der Waals surface area contributed by atoms with Crippen molar-refractivity contribution in [2.24, 2.45) is 17.3 Å². The van der Waals surface area contributed by atoms with E-state index in [0.29, 0.717) is 12.3 Å². The zero-order valence-corrected chi connectivity index (χ0v) is 12.2. The van der Waals surface area contributed by atoms with E-state index in [2.05, 4.69) is 19.2 Å². The Bertz CT molecular complexity index is 366. The third-order valence-electron chi connectivity index (χ3n) is 4.71. The minimum atomic E-state index is -0.164. The second-order valence-electron chi connectivity index (χ2n) is 6.59. The molecule has 2 aliphatic rings. The number of hydrogen-bond donors (Lipinski definition) is 1. The molecule has 0 radical (unpaired) electrons. The highest BCUT2D eigenvalue weighted by atomic mass is 16.5. The number of nitrogens with one attached hydrogen (secondary N) is 1. The lowest BCUT2D eigenvalue weighted by molar-refractivity contribution is -0.149. The fraction of sp³-hybridized carbons (Fsp3) is 0.867. The first-order valence-corrected chi connectivity index (χ1v) is 7.33. The molecule has 108 valence electrons. The van der Waals surface area contributed by atoms with Crippen molar-refractivity contribution in [3.63, 3.8) is 0 Å². The summed E-state index contributed by atoms with van der Waals surface area (Å²) in [5.41, 5.74) is -0.164. The molecule has 2 rings (SSSR count). The Hall–Kier alpha value is -0.900. The van der Waals surface area contributed by atoms with E-state index in [1.807, 2.05) is 0 Å². The third kappa shape index (κ3) is 2.99. The lowest BCUT2D eigenvalue weighted by Gasteiger charge is -2.47. The number of amides is 2. The minimum Gasteiger partial charge on any atom is -0.381 e. The first kappa shape index (κ1) is 14.5. The highest BCUT2D eigenvalue weighted by Gasteiger charge is 2.50. The molecule has 2 fully saturated rings. The molecule has 1 saturated carbocycles. The number of piperidine rings is 1. The molecule has 0 aromatic rings. The van der Waals surface area contributed by atoms with Gasteiger partial charge in [-0.3, -0.25) is 14.9 Å². The minimum absolute atomic E-state index is 0.0388. The Morgan fingerprint density at radius 2 is 2.16 bits per heavy atom. The van der Waals surface area contributed by atoms with E-state index in [1.165, 1.54) is 0 Å². The number of hydrogen-bond acceptors (Lipinski definition) is 3. The van der Waals surface area contributed by atoms with Gasteiger partial charge in [0.1, 0.15) is 0 Å². The quantitative estimate of drug-likeness (QED) is 0.798. The molecule has 1 heterocycles. The smallest absolute Gasteiger partial charge is 0.230 e. The van der Waals surface area contributed by atoms with Gasteiger partial charge in [-0.25, -0.2) is 0 Å². The number of ether oxygens (including phenoxy) is 1. The number of methoxy groups -OCH3 is 1. The van der Waals surface area contributed by atoms with Crippen LogP contribution in [0.1, 0.15) is 52.4 Å². The fourth-order valence-corrected chi connectivity index (χ4v) is 3.84. The van der Waals surface area contributed by atoms with E-state index in [1.54, 1.807) is 7.11 Å². The van der Waals surface area contributed by atoms with Crippen LogP contribution >= 0.6 is 0 Å². The van der Waals surface area contributed by atoms with Crippen molar-refractivity contribution in [2.45, 2.75) is 58.5 Å². The van der Waals surface area contributed by atoms with Crippen molar-refractivity contribution in [1.82, 2.24) is 5.32 Å². The maximum atomic E-state index is 12.2. The lowest BCUT2D eigenvalue weighted by Crippen LogP contribution is -2.54. The van der Waals surface area contributed by atoms with Gasteiger partial charge in [0.15, 0.2) is 0 Å². The van der Waals surface area contributed by atoms with Crippen LogP contribution in [0.3, 0.4) is 0 Å². The van der Waals surface area contributed by atoms with E-state index in [4.69, 9.17) is 4.74 Å². The molecule has 0 bridgehead atoms. The lowest BCUT2D eigenvalue weighted by atomic mass is 9.59. The molecular weight excluding hydrogens is 242 g/mol. The molecule has 4 heteroatoms. The predicted octanol–water partition coefficient (Wildman–Crippen LogP) is 2.27. The van der Waals surface area contributed by atoms with Crippen LogP contribution in [0.25, 0.3) is 0 Å². The molecular formula is C15H25NO3. The van der Waals surface area contributed by atoms with Crippen molar-refractivity contribution in [2.75, 3.05) is 7.11 Å². The maximum absolute atomic E-state index is 12.2. The van der Waals surface area contributed by atoms with Crippen LogP contribution < -0.4 is 5.32 Å². The van der Waals surface area contributed by atoms with Crippen LogP contribution in [0.4, 0.5) is 0 Å². The van der Waals surface area contributed by atoms with Gasteiger partial charge in [0.25, 0.3) is 0 Å². The van der Waals surface area contributed by atoms with Crippen molar-refractivity contribution in [1.29, 1.82) is 0 Å². The highest BCUT2D eigenvalue weighted by molar-refractivity contribution is 5.99. The molecule has 1 aliphatic heterocycles. The average Bonchev–Trinajstić information content (AvgIpc) is 2.34. The summed E-state index contributed by atoms with van der Waals surface area (Å²) in [6.45, 7) is 4.27. The molecule has 0 aromatic carbocycles. The zero-order chi connectivity index (χ0) is 14.0. The van der Waals surface area contributed by atoms with Crippen LogP contribution in [0, 0.1) is 17.3 Å². The van der Waals surface area contributed by atoms with Gasteiger partial charge in [-0.05, 0) is 37.0 Å². The Labute approximate surface area is 115 Å². The largest absolute Gasteiger partial charge is 0.381 e. The van der Waals surface area contributed by atoms with Gasteiger partial charge < -0.3 is 4.74 Å². The van der Waals surface area contributed by atoms with Gasteiger partial charge in [0.05, 0.1) is 6.10 Å². The highest BCUT2D eigenvalue weighted by Crippen LogP contribution is 2.49. The third-order valence-corrected chi connectivity index (χ3v) is 4.71. The molecule has 4 nitrogen and oxygen atoms in total. The summed E-state index contributed by atoms with van der Waals surface area (Å²) < 4.78 is 5.50. The summed E-state index contributed by atoms with van der Waals surface area (Å²) in [4.78, 5) is 24.0. The number of rotatable bonds is 3. The standard InChI is InChI=1S/C15H25NO3/c1-10(2)7-12-14(18)16-13(17)9-15(12)6-4-5-11(8-15)19-3/h10-12H,4-9H2,1-3H3,(H,16,17,18). The molecule has 19 heavy (non-hydrogen) atoms. The van der Waals surface area contributed by atoms with Crippen LogP contribution in [0.2, 0.25) is 0 Å². The Kier molecular flexibility index (Phi) is 4.29. The van der Waals surface area contributed by atoms with Gasteiger partial charge in [-0.1, -0.05) is 20.3 Å². The average molecular weight is 267 g/mol. The maximum Gasteiger partial charge on any atom is 0.230 e. The summed E-state index contributed by atoms with van der Waals surface area (Å²) in [6.07, 6.45) is 5.45. The van der Waals surface area contributed by atoms with E-state index < -0.39 is 0 Å². The molecule has 3 atom stereocenters. The second kappa shape index (κ2) is 5.61. The van der Waals surface area contributed by atoms with Gasteiger partial charge >= 0.3 is 0 Å². The summed E-state index contributed by atoms with van der Waals surface area (Å²) in [6, 6.07) is 0. The van der Waals surface area contributed by atoms with Gasteiger partial charge in [0.2, 0.25) is 11.8 Å². The predicted molar refractivity (Wildman–Crippen MR) is 72.4 cm³/mol. The molecule has 1 spiro atoms. The van der Waals surface area contributed by atoms with Crippen molar-refractivity contribution in [3.8, 4) is 0 Å². The Morgan fingerprint density at radius 1 is 1.42 bits per heavy atom. The first-order valence-electron chi connectivity index (χ1n) is 7.33. The van der Waals surface area contributed by atoms with E-state index >= 15 is 0 Å². The number of carbonyl (C=O) groups excluding carboxylic acids is 2. The number of imide groups is 1. The first-order chi connectivity index (χ1) is 8.97. The Morgan fingerprint density at radius 3 is 2.79 bits per heavy atom. The summed E-state index contributed by atoms with van der Waals surface area (Å²) in [5.74, 6) is 0.246. The van der Waals surface area contributed by atoms with Gasteiger partial charge in [0, 0.05) is 19.4 Å². The normalized spacial score (nSPS) is 35.8. The van der Waals surface area contributed by atoms with Gasteiger partial charge in [-0.15, -0.1) is 0 Å². The molecule has 1 aliphatic carbocycles. The molecule has 1 N–H and O–H groups in total. The van der Waals surface area contributed by atoms with Crippen LogP contribution in [-0.4, -0.2) is 25.0 Å².